The molecule has 3 N–H and O–H groups in total. The van der Waals surface area contributed by atoms with E-state index in [-0.39, 0.29) is 18.0 Å². The molecule has 0 saturated carbocycles. The predicted octanol–water partition coefficient (Wildman–Crippen LogP) is 4.01. The van der Waals surface area contributed by atoms with Crippen LogP contribution in [-0.4, -0.2) is 39.2 Å². The molecule has 1 heterocycles. The summed E-state index contributed by atoms with van der Waals surface area (Å²) in [5.74, 6) is -0.145. The van der Waals surface area contributed by atoms with Crippen LogP contribution in [-0.2, 0) is 22.7 Å². The van der Waals surface area contributed by atoms with Crippen molar-refractivity contribution < 1.29 is 24.9 Å². The summed E-state index contributed by atoms with van der Waals surface area (Å²) < 4.78 is 12.3. The summed E-state index contributed by atoms with van der Waals surface area (Å²) in [4.78, 5) is 0. The molecule has 0 radical (unpaired) electrons. The van der Waals surface area contributed by atoms with Gasteiger partial charge in [0.15, 0.2) is 0 Å². The Morgan fingerprint density at radius 2 is 1.40 bits per heavy atom. The Hall–Kier alpha value is -2.90. The minimum atomic E-state index is -0.630. The molecule has 30 heavy (non-hydrogen) atoms. The van der Waals surface area contributed by atoms with Crippen molar-refractivity contribution in [2.24, 2.45) is 0 Å². The first-order valence-electron chi connectivity index (χ1n) is 9.90. The first-order valence-corrected chi connectivity index (χ1v) is 9.90. The van der Waals surface area contributed by atoms with Crippen molar-refractivity contribution in [1.29, 1.82) is 0 Å². The zero-order chi connectivity index (χ0) is 20.9. The molecule has 0 unspecified atom stereocenters. The van der Waals surface area contributed by atoms with Crippen LogP contribution in [0.3, 0.4) is 0 Å². The topological polar surface area (TPSA) is 82.4 Å². The van der Waals surface area contributed by atoms with E-state index >= 15 is 0 Å². The number of phenols is 2. The molecule has 6 heteroatoms. The van der Waals surface area contributed by atoms with Crippen LogP contribution in [0.2, 0.25) is 0 Å². The fourth-order valence-electron chi connectivity index (χ4n) is 3.78. The summed E-state index contributed by atoms with van der Waals surface area (Å²) in [6.45, 7) is 0.968. The number of nitrogens with zero attached hydrogens (tertiary/aromatic N) is 1. The molecular formula is C24H25NO5. The van der Waals surface area contributed by atoms with Crippen molar-refractivity contribution in [2.75, 3.05) is 6.54 Å². The van der Waals surface area contributed by atoms with E-state index in [0.29, 0.717) is 18.8 Å². The molecule has 156 valence electrons. The van der Waals surface area contributed by atoms with Crippen LogP contribution in [0.25, 0.3) is 0 Å². The highest BCUT2D eigenvalue weighted by molar-refractivity contribution is 5.42. The van der Waals surface area contributed by atoms with E-state index in [1.807, 2.05) is 60.7 Å². The highest BCUT2D eigenvalue weighted by Crippen LogP contribution is 2.40. The summed E-state index contributed by atoms with van der Waals surface area (Å²) in [6, 6.07) is 23.3. The van der Waals surface area contributed by atoms with Gasteiger partial charge in [0, 0.05) is 11.6 Å². The zero-order valence-corrected chi connectivity index (χ0v) is 16.5. The Morgan fingerprint density at radius 1 is 0.800 bits per heavy atom. The monoisotopic (exact) mass is 407 g/mol. The molecule has 4 rings (SSSR count). The highest BCUT2D eigenvalue weighted by atomic mass is 16.6. The Labute approximate surface area is 175 Å². The van der Waals surface area contributed by atoms with Crippen LogP contribution in [0.4, 0.5) is 0 Å². The van der Waals surface area contributed by atoms with E-state index in [0.717, 1.165) is 16.2 Å². The van der Waals surface area contributed by atoms with Gasteiger partial charge in [-0.05, 0) is 23.3 Å². The van der Waals surface area contributed by atoms with Crippen LogP contribution in [0.15, 0.2) is 78.9 Å². The molecule has 3 aromatic carbocycles. The van der Waals surface area contributed by atoms with Gasteiger partial charge in [0.2, 0.25) is 0 Å². The smallest absolute Gasteiger partial charge is 0.124 e. The number of phenolic OH excluding ortho intramolecular Hbond substituents is 2. The van der Waals surface area contributed by atoms with Gasteiger partial charge in [-0.3, -0.25) is 0 Å². The largest absolute Gasteiger partial charge is 0.508 e. The van der Waals surface area contributed by atoms with Crippen molar-refractivity contribution in [2.45, 2.75) is 31.5 Å². The van der Waals surface area contributed by atoms with Gasteiger partial charge in [-0.15, -0.1) is 0 Å². The number of benzene rings is 3. The van der Waals surface area contributed by atoms with Gasteiger partial charge in [-0.25, -0.2) is 0 Å². The molecule has 0 aliphatic carbocycles. The lowest BCUT2D eigenvalue weighted by atomic mass is 10.00. The van der Waals surface area contributed by atoms with Gasteiger partial charge >= 0.3 is 0 Å². The average molecular weight is 407 g/mol. The Kier molecular flexibility index (Phi) is 6.30. The van der Waals surface area contributed by atoms with Gasteiger partial charge in [-0.2, -0.15) is 5.06 Å². The Balaban J connectivity index is 1.56. The number of hydroxylamine groups is 2. The van der Waals surface area contributed by atoms with Crippen LogP contribution in [0, 0.1) is 0 Å². The van der Waals surface area contributed by atoms with Crippen molar-refractivity contribution in [1.82, 2.24) is 5.06 Å². The average Bonchev–Trinajstić information content (AvgIpc) is 3.07. The summed E-state index contributed by atoms with van der Waals surface area (Å²) in [7, 11) is 0. The first kappa shape index (κ1) is 20.4. The van der Waals surface area contributed by atoms with Crippen LogP contribution in [0.5, 0.6) is 11.5 Å². The molecule has 0 aromatic heterocycles. The Bertz CT molecular complexity index is 950. The van der Waals surface area contributed by atoms with Crippen LogP contribution >= 0.6 is 0 Å². The van der Waals surface area contributed by atoms with Crippen molar-refractivity contribution in [3.05, 3.63) is 95.6 Å². The van der Waals surface area contributed by atoms with Crippen molar-refractivity contribution in [3.8, 4) is 11.5 Å². The summed E-state index contributed by atoms with van der Waals surface area (Å²) in [6.07, 6.45) is -0.925. The third-order valence-electron chi connectivity index (χ3n) is 5.29. The maximum Gasteiger partial charge on any atom is 0.124 e. The molecule has 1 aliphatic heterocycles. The second-order valence-corrected chi connectivity index (χ2v) is 7.41. The lowest BCUT2D eigenvalue weighted by Gasteiger charge is -2.26. The van der Waals surface area contributed by atoms with E-state index in [2.05, 4.69) is 0 Å². The fourth-order valence-corrected chi connectivity index (χ4v) is 3.78. The zero-order valence-electron chi connectivity index (χ0n) is 16.5. The van der Waals surface area contributed by atoms with Gasteiger partial charge in [0.05, 0.1) is 25.8 Å². The van der Waals surface area contributed by atoms with E-state index < -0.39 is 18.2 Å². The Morgan fingerprint density at radius 3 is 2.00 bits per heavy atom. The number of ether oxygens (including phenoxy) is 2. The number of aromatic hydroxyl groups is 2. The maximum atomic E-state index is 10.7. The number of hydrogen-bond donors (Lipinski definition) is 3. The standard InChI is InChI=1S/C24H25NO5/c26-19-11-12-20(21(27)13-19)23-24(30-16-18-9-5-2-6-10-18)22(14-25(23)28)29-15-17-7-3-1-4-8-17/h1-13,22-24,26-28H,14-16H2/t22-,23-,24+/m1/s1. The minimum absolute atomic E-state index is 0.0441. The van der Waals surface area contributed by atoms with Crippen LogP contribution < -0.4 is 0 Å². The highest BCUT2D eigenvalue weighted by Gasteiger charge is 2.45. The third kappa shape index (κ3) is 4.63. The van der Waals surface area contributed by atoms with E-state index in [1.165, 1.54) is 12.1 Å². The minimum Gasteiger partial charge on any atom is -0.508 e. The van der Waals surface area contributed by atoms with E-state index in [1.54, 1.807) is 6.07 Å². The molecule has 6 nitrogen and oxygen atoms in total. The number of rotatable bonds is 7. The quantitative estimate of drug-likeness (QED) is 0.549. The molecule has 1 aliphatic rings. The molecule has 0 amide bonds. The van der Waals surface area contributed by atoms with Crippen LogP contribution in [0.1, 0.15) is 22.7 Å². The van der Waals surface area contributed by atoms with E-state index in [4.69, 9.17) is 9.47 Å². The second-order valence-electron chi connectivity index (χ2n) is 7.41. The first-order chi connectivity index (χ1) is 14.6. The normalized spacial score (nSPS) is 21.7. The van der Waals surface area contributed by atoms with E-state index in [9.17, 15) is 15.4 Å². The van der Waals surface area contributed by atoms with Gasteiger partial charge in [0.1, 0.15) is 23.7 Å². The SMILES string of the molecule is Oc1ccc([C@@H]2[C@@H](OCc3ccccc3)[C@H](OCc3ccccc3)CN2O)c(O)c1. The summed E-state index contributed by atoms with van der Waals surface area (Å²) >= 11 is 0. The predicted molar refractivity (Wildman–Crippen MR) is 111 cm³/mol. The van der Waals surface area contributed by atoms with Crippen molar-refractivity contribution >= 4 is 0 Å². The molecule has 0 spiro atoms. The molecule has 1 fully saturated rings. The summed E-state index contributed by atoms with van der Waals surface area (Å²) in [5, 5.41) is 31.8. The van der Waals surface area contributed by atoms with Gasteiger partial charge < -0.3 is 24.9 Å². The molecule has 3 atom stereocenters. The summed E-state index contributed by atoms with van der Waals surface area (Å²) in [5.41, 5.74) is 2.50. The lowest BCUT2D eigenvalue weighted by molar-refractivity contribution is -0.127. The van der Waals surface area contributed by atoms with Gasteiger partial charge in [-0.1, -0.05) is 60.7 Å². The maximum absolute atomic E-state index is 10.7. The molecule has 1 saturated heterocycles. The third-order valence-corrected chi connectivity index (χ3v) is 5.29. The van der Waals surface area contributed by atoms with Crippen molar-refractivity contribution in [3.63, 3.8) is 0 Å². The lowest BCUT2D eigenvalue weighted by Crippen LogP contribution is -2.32. The molecular weight excluding hydrogens is 382 g/mol. The molecule has 0 bridgehead atoms. The fraction of sp³-hybridized carbons (Fsp3) is 0.250. The molecule has 3 aromatic rings. The number of hydrogen-bond acceptors (Lipinski definition) is 6. The second kappa shape index (κ2) is 9.28. The van der Waals surface area contributed by atoms with Gasteiger partial charge in [0.25, 0.3) is 0 Å².